The van der Waals surface area contributed by atoms with Gasteiger partial charge in [0.1, 0.15) is 0 Å². The van der Waals surface area contributed by atoms with Crippen LogP contribution < -0.4 is 4.90 Å². The number of aromatic amines is 1. The Hall–Kier alpha value is -1.31. The molecule has 0 bridgehead atoms. The zero-order chi connectivity index (χ0) is 17.3. The molecule has 2 fully saturated rings. The average molecular weight is 369 g/mol. The highest BCUT2D eigenvalue weighted by molar-refractivity contribution is 7.88. The first-order chi connectivity index (χ1) is 11.2. The monoisotopic (exact) mass is 368 g/mol. The van der Waals surface area contributed by atoms with Gasteiger partial charge in [0.05, 0.1) is 18.0 Å². The fraction of sp³-hybridized carbons (Fsp3) is 0.562. The van der Waals surface area contributed by atoms with Crippen molar-refractivity contribution in [2.24, 2.45) is 11.8 Å². The molecular formula is C16H21ClN4O2S. The first-order valence-corrected chi connectivity index (χ1v) is 10.3. The molecule has 2 aromatic rings. The minimum atomic E-state index is -3.19. The lowest BCUT2D eigenvalue weighted by molar-refractivity contribution is 0.237. The highest BCUT2D eigenvalue weighted by Gasteiger charge is 2.54. The van der Waals surface area contributed by atoms with Gasteiger partial charge in [-0.3, -0.25) is 5.10 Å². The molecule has 8 heteroatoms. The molecule has 1 aromatic heterocycles. The third-order valence-corrected chi connectivity index (χ3v) is 7.27. The van der Waals surface area contributed by atoms with E-state index in [4.69, 9.17) is 11.6 Å². The summed E-state index contributed by atoms with van der Waals surface area (Å²) in [6, 6.07) is 3.85. The Morgan fingerprint density at radius 2 is 2.04 bits per heavy atom. The fourth-order valence-electron chi connectivity index (χ4n) is 4.51. The van der Waals surface area contributed by atoms with Crippen LogP contribution in [-0.4, -0.2) is 54.3 Å². The molecule has 130 valence electrons. The number of hydrogen-bond acceptors (Lipinski definition) is 4. The van der Waals surface area contributed by atoms with E-state index >= 15 is 0 Å². The van der Waals surface area contributed by atoms with E-state index in [0.29, 0.717) is 23.4 Å². The molecule has 0 saturated carbocycles. The van der Waals surface area contributed by atoms with Crippen molar-refractivity contribution in [3.05, 3.63) is 23.4 Å². The van der Waals surface area contributed by atoms with Crippen LogP contribution in [-0.2, 0) is 10.0 Å². The molecular weight excluding hydrogens is 348 g/mol. The second kappa shape index (κ2) is 5.09. The first-order valence-electron chi connectivity index (χ1n) is 8.03. The number of aromatic nitrogens is 2. The highest BCUT2D eigenvalue weighted by atomic mass is 35.5. The summed E-state index contributed by atoms with van der Waals surface area (Å²) in [5, 5.41) is 8.82. The molecule has 24 heavy (non-hydrogen) atoms. The van der Waals surface area contributed by atoms with Gasteiger partial charge in [-0.15, -0.1) is 0 Å². The van der Waals surface area contributed by atoms with Gasteiger partial charge in [0, 0.05) is 47.2 Å². The second-order valence-corrected chi connectivity index (χ2v) is 9.82. The Labute approximate surface area is 146 Å². The summed E-state index contributed by atoms with van der Waals surface area (Å²) in [7, 11) is -3.19. The maximum absolute atomic E-state index is 12.1. The van der Waals surface area contributed by atoms with Crippen molar-refractivity contribution in [2.75, 3.05) is 30.8 Å². The van der Waals surface area contributed by atoms with Crippen LogP contribution in [0.5, 0.6) is 0 Å². The molecule has 0 radical (unpaired) electrons. The molecule has 1 aromatic carbocycles. The molecule has 2 unspecified atom stereocenters. The summed E-state index contributed by atoms with van der Waals surface area (Å²) < 4.78 is 25.9. The van der Waals surface area contributed by atoms with Crippen LogP contribution in [0.15, 0.2) is 18.3 Å². The van der Waals surface area contributed by atoms with Gasteiger partial charge < -0.3 is 4.90 Å². The maximum Gasteiger partial charge on any atom is 0.211 e. The van der Waals surface area contributed by atoms with E-state index in [9.17, 15) is 8.42 Å². The number of nitrogens with one attached hydrogen (secondary N) is 1. The summed E-state index contributed by atoms with van der Waals surface area (Å²) in [5.41, 5.74) is 1.62. The van der Waals surface area contributed by atoms with Crippen molar-refractivity contribution >= 4 is 38.2 Å². The SMILES string of the molecule is CC1(C)C2CN(c3cc(Cl)cc4[nH]ncc34)CC2CN1S(C)(=O)=O. The van der Waals surface area contributed by atoms with Gasteiger partial charge in [-0.2, -0.15) is 9.40 Å². The Bertz CT molecular complexity index is 908. The number of sulfonamides is 1. The van der Waals surface area contributed by atoms with Gasteiger partial charge in [-0.1, -0.05) is 11.6 Å². The van der Waals surface area contributed by atoms with Crippen molar-refractivity contribution in [2.45, 2.75) is 19.4 Å². The normalized spacial score (nSPS) is 27.1. The van der Waals surface area contributed by atoms with Crippen molar-refractivity contribution in [1.82, 2.24) is 14.5 Å². The van der Waals surface area contributed by atoms with E-state index in [1.807, 2.05) is 32.2 Å². The Kier molecular flexibility index (Phi) is 3.43. The Morgan fingerprint density at radius 1 is 1.29 bits per heavy atom. The number of halogens is 1. The zero-order valence-electron chi connectivity index (χ0n) is 14.0. The van der Waals surface area contributed by atoms with Gasteiger partial charge in [0.15, 0.2) is 0 Å². The summed E-state index contributed by atoms with van der Waals surface area (Å²) in [5.74, 6) is 0.629. The van der Waals surface area contributed by atoms with Crippen molar-refractivity contribution < 1.29 is 8.42 Å². The van der Waals surface area contributed by atoms with Gasteiger partial charge in [-0.25, -0.2) is 8.42 Å². The minimum absolute atomic E-state index is 0.299. The first kappa shape index (κ1) is 16.2. The lowest BCUT2D eigenvalue weighted by atomic mass is 9.85. The standard InChI is InChI=1S/C16H21ClN4O2S/c1-16(2)13-9-20(7-10(13)8-21(16)24(3,22)23)15-5-11(17)4-14-12(15)6-18-19-14/h4-6,10,13H,7-9H2,1-3H3,(H,18,19). The number of fused-ring (bicyclic) bond motifs is 2. The van der Waals surface area contributed by atoms with Gasteiger partial charge >= 0.3 is 0 Å². The molecule has 2 aliphatic rings. The predicted octanol–water partition coefficient (Wildman–Crippen LogP) is 2.32. The van der Waals surface area contributed by atoms with Crippen molar-refractivity contribution in [3.63, 3.8) is 0 Å². The predicted molar refractivity (Wildman–Crippen MR) is 95.9 cm³/mol. The lowest BCUT2D eigenvalue weighted by Crippen LogP contribution is -2.47. The van der Waals surface area contributed by atoms with E-state index in [-0.39, 0.29) is 5.54 Å². The van der Waals surface area contributed by atoms with Crippen LogP contribution in [0.2, 0.25) is 5.02 Å². The highest BCUT2D eigenvalue weighted by Crippen LogP contribution is 2.46. The second-order valence-electron chi connectivity index (χ2n) is 7.48. The topological polar surface area (TPSA) is 69.3 Å². The molecule has 6 nitrogen and oxygen atoms in total. The van der Waals surface area contributed by atoms with Crippen LogP contribution in [0.4, 0.5) is 5.69 Å². The summed E-state index contributed by atoms with van der Waals surface area (Å²) in [4.78, 5) is 2.32. The third kappa shape index (κ3) is 2.33. The zero-order valence-corrected chi connectivity index (χ0v) is 15.5. The van der Waals surface area contributed by atoms with Crippen LogP contribution in [0.25, 0.3) is 10.9 Å². The quantitative estimate of drug-likeness (QED) is 0.883. The van der Waals surface area contributed by atoms with E-state index in [2.05, 4.69) is 15.1 Å². The van der Waals surface area contributed by atoms with Gasteiger partial charge in [0.25, 0.3) is 0 Å². The number of nitrogens with zero attached hydrogens (tertiary/aromatic N) is 3. The molecule has 2 aliphatic heterocycles. The molecule has 2 saturated heterocycles. The Balaban J connectivity index is 1.68. The molecule has 3 heterocycles. The van der Waals surface area contributed by atoms with E-state index in [0.717, 1.165) is 29.7 Å². The number of hydrogen-bond donors (Lipinski definition) is 1. The van der Waals surface area contributed by atoms with E-state index in [1.165, 1.54) is 6.26 Å². The Morgan fingerprint density at radius 3 is 2.71 bits per heavy atom. The van der Waals surface area contributed by atoms with Crippen LogP contribution in [0.3, 0.4) is 0 Å². The number of anilines is 1. The molecule has 4 rings (SSSR count). The summed E-state index contributed by atoms with van der Waals surface area (Å²) in [6.45, 7) is 6.31. The number of rotatable bonds is 2. The van der Waals surface area contributed by atoms with Crippen LogP contribution in [0.1, 0.15) is 13.8 Å². The van der Waals surface area contributed by atoms with Gasteiger partial charge in [0.2, 0.25) is 10.0 Å². The smallest absolute Gasteiger partial charge is 0.211 e. The third-order valence-electron chi connectivity index (χ3n) is 5.63. The lowest BCUT2D eigenvalue weighted by Gasteiger charge is -2.35. The van der Waals surface area contributed by atoms with E-state index < -0.39 is 10.0 Å². The van der Waals surface area contributed by atoms with Crippen LogP contribution >= 0.6 is 11.6 Å². The number of benzene rings is 1. The molecule has 2 atom stereocenters. The average Bonchev–Trinajstić information content (AvgIpc) is 3.12. The summed E-state index contributed by atoms with van der Waals surface area (Å²) >= 11 is 6.26. The van der Waals surface area contributed by atoms with Crippen molar-refractivity contribution in [1.29, 1.82) is 0 Å². The van der Waals surface area contributed by atoms with Crippen molar-refractivity contribution in [3.8, 4) is 0 Å². The fourth-order valence-corrected chi connectivity index (χ4v) is 6.17. The van der Waals surface area contributed by atoms with Crippen LogP contribution in [0, 0.1) is 11.8 Å². The number of H-pyrrole nitrogens is 1. The molecule has 0 spiro atoms. The minimum Gasteiger partial charge on any atom is -0.370 e. The van der Waals surface area contributed by atoms with E-state index in [1.54, 1.807) is 4.31 Å². The largest absolute Gasteiger partial charge is 0.370 e. The molecule has 0 amide bonds. The van der Waals surface area contributed by atoms with Gasteiger partial charge in [-0.05, 0) is 31.9 Å². The molecule has 0 aliphatic carbocycles. The summed E-state index contributed by atoms with van der Waals surface area (Å²) in [6.07, 6.45) is 3.13. The maximum atomic E-state index is 12.1. The molecule has 1 N–H and O–H groups in total.